The third-order valence-corrected chi connectivity index (χ3v) is 46.6. The molecule has 8 aliphatic carbocycles. The highest BCUT2D eigenvalue weighted by atomic mass is 32.3. The summed E-state index contributed by atoms with van der Waals surface area (Å²) in [6, 6.07) is 80.4. The fourth-order valence-corrected chi connectivity index (χ4v) is 35.9. The van der Waals surface area contributed by atoms with Gasteiger partial charge in [-0.25, -0.2) is 67.5 Å². The van der Waals surface area contributed by atoms with Gasteiger partial charge in [-0.1, -0.05) is 182 Å². The van der Waals surface area contributed by atoms with E-state index in [2.05, 4.69) is 166 Å². The van der Waals surface area contributed by atoms with Gasteiger partial charge < -0.3 is 21.3 Å². The lowest BCUT2D eigenvalue weighted by atomic mass is 9.68. The topological polar surface area (TPSA) is 315 Å². The normalized spacial score (nSPS) is 28.3. The maximum atomic E-state index is 13.8. The van der Waals surface area contributed by atoms with Crippen LogP contribution < -0.4 is 34.0 Å². The highest BCUT2D eigenvalue weighted by Crippen LogP contribution is 2.69. The molecule has 24 nitrogen and oxygen atoms in total. The molecule has 6 bridgehead atoms. The van der Waals surface area contributed by atoms with Crippen LogP contribution in [0.5, 0.6) is 0 Å². The number of piperidine rings is 1. The lowest BCUT2D eigenvalue weighted by Gasteiger charge is -2.49. The molecule has 6 heterocycles. The Morgan fingerprint density at radius 2 is 0.729 bits per heavy atom. The molecule has 144 heavy (non-hydrogen) atoms. The Bertz CT molecular complexity index is 7360. The van der Waals surface area contributed by atoms with Crippen LogP contribution in [0, 0.1) is 65.1 Å². The van der Waals surface area contributed by atoms with Gasteiger partial charge in [-0.15, -0.1) is 0 Å². The van der Waals surface area contributed by atoms with Crippen molar-refractivity contribution in [2.45, 2.75) is 203 Å². The first kappa shape index (κ1) is 101. The standard InChI is InChI=1S/C25H32N2O4S2.C23H28N2O2S.C23H26N2O2S.C22H26N2O4S2.C20H22N2O2S/c1-16(2)32(28,29)27-22-13-12-20(33(30,31)26(3)4)15-21(22)23-18-10-11-19(14-18)24(23)25(27)17-8-6-5-7-9-17;1-14(2)28(26,27)25-18-10-11-20-19(13-18)21-16-8-9-17(12-16)22(21)23(24-20)15-6-4-3-5-7-15;26-28(27,25-14-5-2-6-15-25)18-12-13-22-21(16-18)19-10-7-11-20(19)23(24-22)17-8-3-1-4-9-17;1-29(25,26)24(30(2,27)28)17-10-11-19-18(13-17)20-15-8-9-16(12-15)21(20)22(23-19)14-6-4-3-5-7-14;1-22(2)25(23,24)15-11-12-19-18(13-15)16-9-6-10-17(16)20(21-19)14-7-4-3-5-8-14/h5-9,12-13,15-16,18-19,23-25H,10-11,14H2,1-4H3;3-7,10-11,13-14,16-17,21-25H,8-9,12H2,1-2H3;1,3-4,7-9,11-13,16,19-20,23-24H,2,5-6,10,14-15H2;3-7,10-11,13,15-16,20-23H,8-9,12H2,1-2H3;3-8,10-13,16-17,20-21H,9H2,1-2H3. The van der Waals surface area contributed by atoms with Crippen molar-refractivity contribution in [1.82, 2.24) is 12.9 Å². The van der Waals surface area contributed by atoms with Crippen molar-refractivity contribution in [3.63, 3.8) is 0 Å². The molecule has 0 spiro atoms. The highest BCUT2D eigenvalue weighted by Gasteiger charge is 2.60. The summed E-state index contributed by atoms with van der Waals surface area (Å²) in [4.78, 5) is 1.04. The molecule has 24 rings (SSSR count). The molecule has 6 aliphatic heterocycles. The molecule has 10 aromatic rings. The Morgan fingerprint density at radius 1 is 0.361 bits per heavy atom. The molecule has 31 heteroatoms. The maximum absolute atomic E-state index is 13.8. The number of anilines is 7. The fraction of sp³-hybridized carbons (Fsp3) is 0.434. The van der Waals surface area contributed by atoms with Gasteiger partial charge in [0.25, 0.3) is 0 Å². The molecule has 14 aliphatic rings. The van der Waals surface area contributed by atoms with E-state index >= 15 is 0 Å². The van der Waals surface area contributed by atoms with Gasteiger partial charge in [0.05, 0.1) is 79.3 Å². The smallest absolute Gasteiger partial charge is 0.245 e. The number of allylic oxidation sites excluding steroid dienone is 2. The van der Waals surface area contributed by atoms with E-state index in [1.807, 2.05) is 84.9 Å². The zero-order chi connectivity index (χ0) is 101. The van der Waals surface area contributed by atoms with E-state index in [0.717, 1.165) is 126 Å². The highest BCUT2D eigenvalue weighted by molar-refractivity contribution is 8.09. The molecule has 762 valence electrons. The largest absolute Gasteiger partial charge is 0.378 e. The van der Waals surface area contributed by atoms with Crippen molar-refractivity contribution < 1.29 is 58.9 Å². The minimum Gasteiger partial charge on any atom is -0.378 e. The summed E-state index contributed by atoms with van der Waals surface area (Å²) in [6.45, 7) is 8.13. The van der Waals surface area contributed by atoms with Crippen LogP contribution in [0.3, 0.4) is 0 Å². The first-order valence-corrected chi connectivity index (χ1v) is 62.3. The van der Waals surface area contributed by atoms with Gasteiger partial charge in [0.2, 0.25) is 70.2 Å². The summed E-state index contributed by atoms with van der Waals surface area (Å²) in [5, 5.41) is 13.8. The molecule has 5 N–H and O–H groups in total. The number of sulfonamides is 7. The summed E-state index contributed by atoms with van der Waals surface area (Å²) >= 11 is 0. The Morgan fingerprint density at radius 3 is 1.17 bits per heavy atom. The summed E-state index contributed by atoms with van der Waals surface area (Å²) in [7, 11) is -19.2. The molecule has 21 atom stereocenters. The zero-order valence-corrected chi connectivity index (χ0v) is 89.0. The Labute approximate surface area is 853 Å². The molecular weight excluding hydrogens is 1950 g/mol. The van der Waals surface area contributed by atoms with Crippen LogP contribution in [0.25, 0.3) is 0 Å². The number of hydrogen-bond acceptors (Lipinski definition) is 18. The number of fused-ring (bicyclic) bond motifs is 27. The average molecular weight is 2080 g/mol. The van der Waals surface area contributed by atoms with Crippen LogP contribution in [0.4, 0.5) is 39.8 Å². The minimum atomic E-state index is -3.96. The van der Waals surface area contributed by atoms with Crippen LogP contribution in [0.1, 0.15) is 233 Å². The monoisotopic (exact) mass is 2080 g/mol. The molecule has 6 saturated carbocycles. The predicted molar refractivity (Wildman–Crippen MR) is 575 cm³/mol. The maximum Gasteiger partial charge on any atom is 0.245 e. The van der Waals surface area contributed by atoms with Gasteiger partial charge >= 0.3 is 0 Å². The van der Waals surface area contributed by atoms with E-state index < -0.39 is 80.7 Å². The van der Waals surface area contributed by atoms with Gasteiger partial charge in [0.1, 0.15) is 0 Å². The van der Waals surface area contributed by atoms with Gasteiger partial charge in [-0.05, 0) is 341 Å². The second-order valence-corrected chi connectivity index (χ2v) is 57.9. The van der Waals surface area contributed by atoms with E-state index in [1.54, 1.807) is 92.9 Å². The van der Waals surface area contributed by atoms with E-state index in [9.17, 15) is 58.9 Å². The lowest BCUT2D eigenvalue weighted by Crippen LogP contribution is -2.48. The second kappa shape index (κ2) is 39.8. The van der Waals surface area contributed by atoms with E-state index in [1.165, 1.54) is 89.0 Å². The molecular formula is C113H134N10O14S7. The van der Waals surface area contributed by atoms with Crippen LogP contribution >= 0.6 is 0 Å². The lowest BCUT2D eigenvalue weighted by molar-refractivity contribution is 0.236. The van der Waals surface area contributed by atoms with Crippen molar-refractivity contribution in [3.05, 3.63) is 323 Å². The quantitative estimate of drug-likeness (QED) is 0.0470. The van der Waals surface area contributed by atoms with E-state index in [4.69, 9.17) is 0 Å². The van der Waals surface area contributed by atoms with E-state index in [0.29, 0.717) is 115 Å². The Hall–Kier alpha value is -10.2. The molecule has 7 fully saturated rings. The minimum absolute atomic E-state index is 0.143. The van der Waals surface area contributed by atoms with Gasteiger partial charge in [0, 0.05) is 81.6 Å². The van der Waals surface area contributed by atoms with Crippen LogP contribution in [-0.4, -0.2) is 136 Å². The second-order valence-electron chi connectivity index (χ2n) is 43.1. The Balaban J connectivity index is 0.000000110. The third-order valence-electron chi connectivity index (χ3n) is 33.9. The molecule has 21 unspecified atom stereocenters. The van der Waals surface area contributed by atoms with Crippen LogP contribution in [0.2, 0.25) is 0 Å². The van der Waals surface area contributed by atoms with E-state index in [-0.39, 0.29) is 46.6 Å². The van der Waals surface area contributed by atoms with Gasteiger partial charge in [-0.3, -0.25) is 9.03 Å². The van der Waals surface area contributed by atoms with Crippen LogP contribution in [-0.2, 0) is 70.2 Å². The molecule has 1 saturated heterocycles. The predicted octanol–water partition coefficient (Wildman–Crippen LogP) is 21.7. The van der Waals surface area contributed by atoms with Crippen molar-refractivity contribution in [2.24, 2.45) is 65.1 Å². The SMILES string of the molecule is CC(C)S(=O)(=O)N1c2ccc(S(=O)(=O)N(C)C)cc2C2C3CCC(C3)C2C1c1ccccc1.CC(C)S(=O)(=O)Nc1ccc2c(c1)C1C3CCC(C3)C1C(c1ccccc1)N2.CN(C)S(=O)(=O)c1ccc2c(c1)C1CC=CC1C(c1ccccc1)N2.CS(=O)(=O)N(c1ccc2c(c1)C1C3CCC(C3)C1C(c1ccccc1)N2)S(C)(=O)=O.O=S(=O)(c1ccc2c(c1)C1CC=CC1C(c1ccccc1)N2)N1CCCCC1. The summed E-state index contributed by atoms with van der Waals surface area (Å²) in [5.74, 6) is 7.08. The first-order valence-electron chi connectivity index (χ1n) is 51.2. The molecule has 0 radical (unpaired) electrons. The zero-order valence-electron chi connectivity index (χ0n) is 83.3. The number of nitrogens with zero attached hydrogens (tertiary/aromatic N) is 5. The van der Waals surface area contributed by atoms with Crippen molar-refractivity contribution in [2.75, 3.05) is 87.8 Å². The van der Waals surface area contributed by atoms with Crippen LogP contribution in [0.15, 0.2) is 282 Å². The van der Waals surface area contributed by atoms with Crippen molar-refractivity contribution >= 4 is 110 Å². The Kier molecular flexibility index (Phi) is 27.9. The van der Waals surface area contributed by atoms with Crippen molar-refractivity contribution in [3.8, 4) is 0 Å². The molecule has 0 aromatic heterocycles. The first-order chi connectivity index (χ1) is 68.8. The fourth-order valence-electron chi connectivity index (χ4n) is 27.4. The average Bonchev–Trinajstić information content (AvgIpc) is 1.52. The van der Waals surface area contributed by atoms with Crippen molar-refractivity contribution in [1.29, 1.82) is 0 Å². The number of nitrogens with one attached hydrogen (secondary N) is 5. The molecule has 0 amide bonds. The summed E-state index contributed by atoms with van der Waals surface area (Å²) in [5.41, 5.74) is 17.4. The summed E-state index contributed by atoms with van der Waals surface area (Å²) < 4.78 is 188. The molecule has 10 aromatic carbocycles. The van der Waals surface area contributed by atoms with Gasteiger partial charge in [-0.2, -0.15) is 8.02 Å². The number of rotatable bonds is 19. The number of benzene rings is 10. The van der Waals surface area contributed by atoms with Gasteiger partial charge in [0.15, 0.2) is 0 Å². The summed E-state index contributed by atoms with van der Waals surface area (Å²) in [6.07, 6.45) is 26.7. The number of hydrogen-bond donors (Lipinski definition) is 5. The third kappa shape index (κ3) is 19.0.